The molecule has 2 atom stereocenters. The largest absolute Gasteiger partial charge is 0.480 e. The minimum atomic E-state index is -1.07. The Morgan fingerprint density at radius 2 is 1.76 bits per heavy atom. The van der Waals surface area contributed by atoms with E-state index in [-0.39, 0.29) is 16.4 Å². The second-order valence-corrected chi connectivity index (χ2v) is 11.9. The van der Waals surface area contributed by atoms with Crippen molar-refractivity contribution in [2.45, 2.75) is 44.6 Å². The Hall–Kier alpha value is -4.04. The van der Waals surface area contributed by atoms with E-state index in [9.17, 15) is 9.59 Å². The highest BCUT2D eigenvalue weighted by Gasteiger charge is 2.40. The van der Waals surface area contributed by atoms with Crippen LogP contribution in [0.4, 0.5) is 11.4 Å². The summed E-state index contributed by atoms with van der Waals surface area (Å²) in [4.78, 5) is 44.3. The molecule has 3 aromatic rings. The maximum atomic E-state index is 12.8. The Morgan fingerprint density at radius 1 is 1.05 bits per heavy atom. The van der Waals surface area contributed by atoms with Crippen LogP contribution >= 0.6 is 24.0 Å². The molecule has 7 nitrogen and oxygen atoms in total. The molecule has 1 amide bonds. The van der Waals surface area contributed by atoms with E-state index in [0.717, 1.165) is 23.3 Å². The minimum Gasteiger partial charge on any atom is -0.480 e. The van der Waals surface area contributed by atoms with Gasteiger partial charge in [0.15, 0.2) is 0 Å². The smallest absolute Gasteiger partial charge is 0.373 e. The summed E-state index contributed by atoms with van der Waals surface area (Å²) in [5.74, 6) is -0.967. The first-order valence-corrected chi connectivity index (χ1v) is 14.6. The Labute approximate surface area is 247 Å². The van der Waals surface area contributed by atoms with Gasteiger partial charge in [0, 0.05) is 23.3 Å². The van der Waals surface area contributed by atoms with Gasteiger partial charge in [-0.2, -0.15) is 9.59 Å². The average Bonchev–Trinajstić information content (AvgIpc) is 3.42. The number of carbonyl (C=O) groups is 2. The number of nitrogens with zero attached hydrogens (tertiary/aromatic N) is 2. The number of anilines is 2. The summed E-state index contributed by atoms with van der Waals surface area (Å²) in [6.45, 7) is 1.63. The van der Waals surface area contributed by atoms with Gasteiger partial charge in [-0.3, -0.25) is 14.5 Å². The molecular weight excluding hydrogens is 556 g/mol. The van der Waals surface area contributed by atoms with Crippen LogP contribution in [0.2, 0.25) is 0 Å². The van der Waals surface area contributed by atoms with Crippen LogP contribution in [0.1, 0.15) is 55.2 Å². The first-order chi connectivity index (χ1) is 19.8. The van der Waals surface area contributed by atoms with Gasteiger partial charge < -0.3 is 10.0 Å². The average molecular weight is 585 g/mol. The van der Waals surface area contributed by atoms with Crippen molar-refractivity contribution in [1.29, 1.82) is 0 Å². The van der Waals surface area contributed by atoms with Crippen molar-refractivity contribution in [3.8, 4) is 0 Å². The summed E-state index contributed by atoms with van der Waals surface area (Å²) in [7, 11) is 0. The molecule has 2 heterocycles. The molecular formula is C32H28N2O5S2. The fraction of sp³-hybridized carbons (Fsp3) is 0.250. The van der Waals surface area contributed by atoms with Crippen molar-refractivity contribution in [1.82, 2.24) is 4.90 Å². The SMILES string of the molecule is CC=Cc1ccc2cc(N3c4ccc(/C=C5\SC(=S)N(CC(=O)O)C5=O)cc4C4CCCCC43)ccc2c1.O=C=O. The lowest BCUT2D eigenvalue weighted by atomic mass is 9.82. The monoisotopic (exact) mass is 584 g/mol. The van der Waals surface area contributed by atoms with Gasteiger partial charge in [-0.1, -0.05) is 73.2 Å². The van der Waals surface area contributed by atoms with Gasteiger partial charge in [0.2, 0.25) is 0 Å². The van der Waals surface area contributed by atoms with Crippen LogP contribution in [0, 0.1) is 0 Å². The second-order valence-electron chi connectivity index (χ2n) is 10.2. The predicted molar refractivity (Wildman–Crippen MR) is 165 cm³/mol. The molecule has 2 unspecified atom stereocenters. The first-order valence-electron chi connectivity index (χ1n) is 13.4. The molecule has 1 saturated heterocycles. The number of hydrogen-bond acceptors (Lipinski definition) is 7. The molecule has 9 heteroatoms. The van der Waals surface area contributed by atoms with Crippen molar-refractivity contribution in [3.05, 3.63) is 82.3 Å². The number of thioether (sulfide) groups is 1. The zero-order chi connectivity index (χ0) is 29.1. The summed E-state index contributed by atoms with van der Waals surface area (Å²) in [6.07, 6.45) is 11.0. The number of aliphatic carboxylic acids is 1. The highest BCUT2D eigenvalue weighted by molar-refractivity contribution is 8.26. The van der Waals surface area contributed by atoms with Gasteiger partial charge in [0.25, 0.3) is 5.91 Å². The third-order valence-electron chi connectivity index (χ3n) is 7.72. The van der Waals surface area contributed by atoms with E-state index in [1.807, 2.05) is 13.0 Å². The number of rotatable bonds is 5. The molecule has 0 radical (unpaired) electrons. The molecule has 1 saturated carbocycles. The molecule has 0 aromatic heterocycles. The number of allylic oxidation sites excluding steroid dienone is 1. The summed E-state index contributed by atoms with van der Waals surface area (Å²) in [5.41, 5.74) is 5.93. The van der Waals surface area contributed by atoms with Crippen LogP contribution in [-0.4, -0.2) is 44.9 Å². The highest BCUT2D eigenvalue weighted by atomic mass is 32.2. The lowest BCUT2D eigenvalue weighted by Crippen LogP contribution is -2.33. The van der Waals surface area contributed by atoms with Gasteiger partial charge in [0.1, 0.15) is 10.9 Å². The van der Waals surface area contributed by atoms with E-state index in [1.165, 1.54) is 57.9 Å². The number of hydrogen-bond donors (Lipinski definition) is 1. The van der Waals surface area contributed by atoms with Crippen molar-refractivity contribution < 1.29 is 24.3 Å². The van der Waals surface area contributed by atoms with Gasteiger partial charge in [-0.05, 0) is 83.6 Å². The molecule has 3 aromatic carbocycles. The van der Waals surface area contributed by atoms with Gasteiger partial charge in [-0.15, -0.1) is 0 Å². The summed E-state index contributed by atoms with van der Waals surface area (Å²) >= 11 is 6.43. The van der Waals surface area contributed by atoms with Crippen LogP contribution in [0.15, 0.2) is 65.6 Å². The van der Waals surface area contributed by atoms with Gasteiger partial charge >= 0.3 is 12.1 Å². The normalized spacial score (nSPS) is 20.7. The van der Waals surface area contributed by atoms with Gasteiger partial charge in [0.05, 0.1) is 4.91 Å². The van der Waals surface area contributed by atoms with Crippen LogP contribution in [-0.2, 0) is 19.2 Å². The van der Waals surface area contributed by atoms with Crippen LogP contribution in [0.25, 0.3) is 22.9 Å². The Bertz CT molecular complexity index is 1640. The number of fused-ring (bicyclic) bond motifs is 4. The molecule has 0 spiro atoms. The first kappa shape index (κ1) is 28.5. The maximum absolute atomic E-state index is 12.8. The molecule has 2 aliphatic heterocycles. The fourth-order valence-electron chi connectivity index (χ4n) is 6.09. The standard InChI is InChI=1S/C31H28N2O3S2.CO2/c1-2-5-19-8-10-22-17-23(12-11-21(22)14-19)33-26-7-4-3-6-24(26)25-15-20(9-13-27(25)33)16-28-30(36)32(18-29(34)35)31(37)38-28;2-1-3/h2,5,8-17,24,26H,3-4,6-7,18H2,1H3,(H,34,35);/b5-2?,28-16-;. The Kier molecular flexibility index (Phi) is 8.49. The molecule has 6 rings (SSSR count). The van der Waals surface area contributed by atoms with E-state index < -0.39 is 12.5 Å². The summed E-state index contributed by atoms with van der Waals surface area (Å²) < 4.78 is 0.289. The number of carbonyl (C=O) groups excluding carboxylic acids is 3. The van der Waals surface area contributed by atoms with Crippen molar-refractivity contribution in [3.63, 3.8) is 0 Å². The Balaban J connectivity index is 0.00000108. The topological polar surface area (TPSA) is 95.0 Å². The number of amides is 1. The quantitative estimate of drug-likeness (QED) is 0.260. The summed E-state index contributed by atoms with van der Waals surface area (Å²) in [5, 5.41) is 11.6. The molecule has 1 N–H and O–H groups in total. The van der Waals surface area contributed by atoms with E-state index in [4.69, 9.17) is 26.9 Å². The zero-order valence-electron chi connectivity index (χ0n) is 22.4. The Morgan fingerprint density at radius 3 is 2.51 bits per heavy atom. The number of benzene rings is 3. The predicted octanol–water partition coefficient (Wildman–Crippen LogP) is 6.75. The lowest BCUT2D eigenvalue weighted by Gasteiger charge is -2.33. The third kappa shape index (κ3) is 5.75. The van der Waals surface area contributed by atoms with E-state index in [2.05, 4.69) is 71.6 Å². The van der Waals surface area contributed by atoms with Gasteiger partial charge in [-0.25, -0.2) is 0 Å². The molecule has 3 aliphatic rings. The minimum absolute atomic E-state index is 0.250. The fourth-order valence-corrected chi connectivity index (χ4v) is 7.35. The van der Waals surface area contributed by atoms with Crippen molar-refractivity contribution >= 4 is 80.6 Å². The lowest BCUT2D eigenvalue weighted by molar-refractivity contribution is -0.191. The van der Waals surface area contributed by atoms with E-state index in [0.29, 0.717) is 16.9 Å². The summed E-state index contributed by atoms with van der Waals surface area (Å²) in [6, 6.07) is 20.2. The molecule has 0 bridgehead atoms. The van der Waals surface area contributed by atoms with E-state index in [1.54, 1.807) is 0 Å². The van der Waals surface area contributed by atoms with Crippen LogP contribution < -0.4 is 4.90 Å². The van der Waals surface area contributed by atoms with Crippen LogP contribution in [0.5, 0.6) is 0 Å². The number of thiocarbonyl (C=S) groups is 1. The zero-order valence-corrected chi connectivity index (χ0v) is 24.0. The maximum Gasteiger partial charge on any atom is 0.373 e. The molecule has 2 fully saturated rings. The molecule has 208 valence electrons. The molecule has 41 heavy (non-hydrogen) atoms. The third-order valence-corrected chi connectivity index (χ3v) is 9.10. The molecule has 1 aliphatic carbocycles. The van der Waals surface area contributed by atoms with Crippen LogP contribution in [0.3, 0.4) is 0 Å². The van der Waals surface area contributed by atoms with Crippen molar-refractivity contribution in [2.24, 2.45) is 0 Å². The highest BCUT2D eigenvalue weighted by Crippen LogP contribution is 2.51. The number of carboxylic acid groups (broad SMARTS) is 1. The number of carboxylic acids is 1. The second kappa shape index (κ2) is 12.2. The van der Waals surface area contributed by atoms with E-state index >= 15 is 0 Å². The van der Waals surface area contributed by atoms with Crippen molar-refractivity contribution in [2.75, 3.05) is 11.4 Å².